The molecule has 11 heavy (non-hydrogen) atoms. The molecular weight excluding hydrogens is 148 g/mol. The lowest BCUT2D eigenvalue weighted by molar-refractivity contribution is -0.142. The van der Waals surface area contributed by atoms with E-state index in [4.69, 9.17) is 9.84 Å². The van der Waals surface area contributed by atoms with Crippen LogP contribution in [0.1, 0.15) is 13.3 Å². The summed E-state index contributed by atoms with van der Waals surface area (Å²) in [5.41, 5.74) is 0. The second kappa shape index (κ2) is 7.50. The smallest absolute Gasteiger partial charge is 0.302 e. The molecule has 0 radical (unpaired) electrons. The maximum atomic E-state index is 10.2. The van der Waals surface area contributed by atoms with Crippen LogP contribution in [0.4, 0.5) is 0 Å². The monoisotopic (exact) mass is 162 g/mol. The standard InChI is InChI=1S/C7H14O4/c1-7(9)11-6-5-10-4-2-3-8/h8H,2-6H2,1H3. The molecule has 0 fully saturated rings. The molecule has 0 unspecified atom stereocenters. The Kier molecular flexibility index (Phi) is 7.08. The molecule has 0 aliphatic carbocycles. The van der Waals surface area contributed by atoms with Gasteiger partial charge in [-0.1, -0.05) is 0 Å². The van der Waals surface area contributed by atoms with Crippen molar-refractivity contribution in [3.63, 3.8) is 0 Å². The minimum absolute atomic E-state index is 0.133. The Hall–Kier alpha value is -0.610. The van der Waals surface area contributed by atoms with Crippen molar-refractivity contribution in [1.82, 2.24) is 0 Å². The van der Waals surface area contributed by atoms with Crippen LogP contribution in [0.3, 0.4) is 0 Å². The largest absolute Gasteiger partial charge is 0.463 e. The van der Waals surface area contributed by atoms with Gasteiger partial charge < -0.3 is 14.6 Å². The predicted octanol–water partition coefficient (Wildman–Crippen LogP) is -0.0515. The summed E-state index contributed by atoms with van der Waals surface area (Å²) >= 11 is 0. The van der Waals surface area contributed by atoms with Crippen LogP contribution in [0.2, 0.25) is 0 Å². The van der Waals surface area contributed by atoms with Crippen molar-refractivity contribution in [2.24, 2.45) is 0 Å². The Morgan fingerprint density at radius 2 is 2.09 bits per heavy atom. The lowest BCUT2D eigenvalue weighted by Crippen LogP contribution is -2.08. The number of aliphatic hydroxyl groups excluding tert-OH is 1. The molecule has 0 aromatic rings. The van der Waals surface area contributed by atoms with Crippen molar-refractivity contribution in [3.8, 4) is 0 Å². The summed E-state index contributed by atoms with van der Waals surface area (Å²) in [6, 6.07) is 0. The minimum atomic E-state index is -0.296. The normalized spacial score (nSPS) is 9.64. The van der Waals surface area contributed by atoms with E-state index in [9.17, 15) is 4.79 Å². The van der Waals surface area contributed by atoms with Crippen molar-refractivity contribution >= 4 is 5.97 Å². The molecule has 0 heterocycles. The lowest BCUT2D eigenvalue weighted by atomic mass is 10.5. The van der Waals surface area contributed by atoms with Crippen molar-refractivity contribution in [2.45, 2.75) is 13.3 Å². The van der Waals surface area contributed by atoms with E-state index in [1.165, 1.54) is 6.92 Å². The highest BCUT2D eigenvalue weighted by atomic mass is 16.6. The molecule has 1 N–H and O–H groups in total. The van der Waals surface area contributed by atoms with Crippen LogP contribution in [-0.2, 0) is 14.3 Å². The van der Waals surface area contributed by atoms with Gasteiger partial charge in [-0.05, 0) is 6.42 Å². The Bertz CT molecular complexity index is 103. The molecule has 0 aliphatic rings. The second-order valence-electron chi connectivity index (χ2n) is 2.03. The summed E-state index contributed by atoms with van der Waals surface area (Å²) in [7, 11) is 0. The summed E-state index contributed by atoms with van der Waals surface area (Å²) in [5.74, 6) is -0.296. The average molecular weight is 162 g/mol. The van der Waals surface area contributed by atoms with Crippen LogP contribution in [0.5, 0.6) is 0 Å². The van der Waals surface area contributed by atoms with Gasteiger partial charge in [-0.15, -0.1) is 0 Å². The van der Waals surface area contributed by atoms with Gasteiger partial charge in [0.05, 0.1) is 6.61 Å². The highest BCUT2D eigenvalue weighted by Gasteiger charge is 1.91. The first kappa shape index (κ1) is 10.4. The van der Waals surface area contributed by atoms with Crippen LogP contribution in [0.15, 0.2) is 0 Å². The average Bonchev–Trinajstić information content (AvgIpc) is 1.96. The predicted molar refractivity (Wildman–Crippen MR) is 39.2 cm³/mol. The highest BCUT2D eigenvalue weighted by molar-refractivity contribution is 5.65. The molecule has 0 aromatic heterocycles. The molecule has 0 atom stereocenters. The number of ether oxygens (including phenoxy) is 2. The molecule has 0 spiro atoms. The van der Waals surface area contributed by atoms with E-state index in [0.29, 0.717) is 26.2 Å². The Labute approximate surface area is 66.1 Å². The van der Waals surface area contributed by atoms with E-state index in [1.807, 2.05) is 0 Å². The zero-order valence-electron chi connectivity index (χ0n) is 6.71. The number of carbonyl (C=O) groups excluding carboxylic acids is 1. The second-order valence-corrected chi connectivity index (χ2v) is 2.03. The molecule has 0 bridgehead atoms. The molecule has 0 aromatic carbocycles. The summed E-state index contributed by atoms with van der Waals surface area (Å²) in [5, 5.41) is 8.35. The number of aliphatic hydroxyl groups is 1. The summed E-state index contributed by atoms with van der Waals surface area (Å²) < 4.78 is 9.58. The fourth-order valence-corrected chi connectivity index (χ4v) is 0.513. The topological polar surface area (TPSA) is 55.8 Å². The summed E-state index contributed by atoms with van der Waals surface area (Å²) in [6.45, 7) is 2.69. The van der Waals surface area contributed by atoms with Crippen LogP contribution in [-0.4, -0.2) is 37.5 Å². The first-order valence-electron chi connectivity index (χ1n) is 3.59. The molecule has 0 aliphatic heterocycles. The van der Waals surface area contributed by atoms with Crippen LogP contribution < -0.4 is 0 Å². The molecule has 0 saturated carbocycles. The van der Waals surface area contributed by atoms with Gasteiger partial charge in [-0.3, -0.25) is 4.79 Å². The SMILES string of the molecule is CC(=O)OCCOCCCO. The third-order valence-corrected chi connectivity index (χ3v) is 0.980. The van der Waals surface area contributed by atoms with Gasteiger partial charge in [0.25, 0.3) is 0 Å². The van der Waals surface area contributed by atoms with Crippen molar-refractivity contribution < 1.29 is 19.4 Å². The third kappa shape index (κ3) is 9.39. The van der Waals surface area contributed by atoms with Crippen LogP contribution >= 0.6 is 0 Å². The number of rotatable bonds is 6. The van der Waals surface area contributed by atoms with Crippen LogP contribution in [0.25, 0.3) is 0 Å². The molecule has 0 saturated heterocycles. The zero-order chi connectivity index (χ0) is 8.53. The van der Waals surface area contributed by atoms with E-state index in [1.54, 1.807) is 0 Å². The number of esters is 1. The molecule has 0 rings (SSSR count). The lowest BCUT2D eigenvalue weighted by Gasteiger charge is -2.02. The fourth-order valence-electron chi connectivity index (χ4n) is 0.513. The fraction of sp³-hybridized carbons (Fsp3) is 0.857. The maximum absolute atomic E-state index is 10.2. The van der Waals surface area contributed by atoms with Crippen molar-refractivity contribution in [3.05, 3.63) is 0 Å². The van der Waals surface area contributed by atoms with Gasteiger partial charge in [-0.2, -0.15) is 0 Å². The Balaban J connectivity index is 2.85. The molecular formula is C7H14O4. The van der Waals surface area contributed by atoms with E-state index in [0.717, 1.165) is 0 Å². The van der Waals surface area contributed by atoms with Gasteiger partial charge >= 0.3 is 5.97 Å². The molecule has 0 amide bonds. The maximum Gasteiger partial charge on any atom is 0.302 e. The van der Waals surface area contributed by atoms with E-state index >= 15 is 0 Å². The van der Waals surface area contributed by atoms with E-state index < -0.39 is 0 Å². The number of hydrogen-bond acceptors (Lipinski definition) is 4. The number of hydrogen-bond donors (Lipinski definition) is 1. The summed E-state index contributed by atoms with van der Waals surface area (Å²) in [4.78, 5) is 10.2. The van der Waals surface area contributed by atoms with Gasteiger partial charge in [-0.25, -0.2) is 0 Å². The van der Waals surface area contributed by atoms with E-state index in [-0.39, 0.29) is 12.6 Å². The van der Waals surface area contributed by atoms with Crippen molar-refractivity contribution in [2.75, 3.05) is 26.4 Å². The van der Waals surface area contributed by atoms with E-state index in [2.05, 4.69) is 4.74 Å². The Morgan fingerprint density at radius 1 is 1.36 bits per heavy atom. The molecule has 4 heteroatoms. The minimum Gasteiger partial charge on any atom is -0.463 e. The van der Waals surface area contributed by atoms with Gasteiger partial charge in [0.2, 0.25) is 0 Å². The summed E-state index contributed by atoms with van der Waals surface area (Å²) in [6.07, 6.45) is 0.625. The van der Waals surface area contributed by atoms with Crippen LogP contribution in [0, 0.1) is 0 Å². The Morgan fingerprint density at radius 3 is 2.64 bits per heavy atom. The van der Waals surface area contributed by atoms with Gasteiger partial charge in [0.15, 0.2) is 0 Å². The van der Waals surface area contributed by atoms with Crippen molar-refractivity contribution in [1.29, 1.82) is 0 Å². The number of carbonyl (C=O) groups is 1. The first-order valence-corrected chi connectivity index (χ1v) is 3.59. The first-order chi connectivity index (χ1) is 5.27. The van der Waals surface area contributed by atoms with Gasteiger partial charge in [0.1, 0.15) is 6.61 Å². The molecule has 66 valence electrons. The highest BCUT2D eigenvalue weighted by Crippen LogP contribution is 1.82. The molecule has 4 nitrogen and oxygen atoms in total. The van der Waals surface area contributed by atoms with Gasteiger partial charge in [0, 0.05) is 20.1 Å². The zero-order valence-corrected chi connectivity index (χ0v) is 6.71. The quantitative estimate of drug-likeness (QED) is 0.439. The third-order valence-electron chi connectivity index (χ3n) is 0.980.